The fraction of sp³-hybridized carbons (Fsp3) is 0.0400. The third-order valence-electron chi connectivity index (χ3n) is 5.42. The maximum atomic E-state index is 5.39. The monoisotopic (exact) mass is 407 g/mol. The predicted octanol–water partition coefficient (Wildman–Crippen LogP) is 6.73. The molecule has 5 heteroatoms. The molecule has 0 radical (unpaired) electrons. The molecule has 0 N–H and O–H groups in total. The third-order valence-corrected chi connectivity index (χ3v) is 6.46. The second kappa shape index (κ2) is 6.75. The van der Waals surface area contributed by atoms with E-state index in [1.807, 2.05) is 36.7 Å². The Kier molecular flexibility index (Phi) is 3.89. The Morgan fingerprint density at radius 2 is 1.23 bits per heavy atom. The van der Waals surface area contributed by atoms with E-state index in [9.17, 15) is 0 Å². The average Bonchev–Trinajstić information content (AvgIpc) is 2.82. The van der Waals surface area contributed by atoms with Crippen molar-refractivity contribution in [1.29, 1.82) is 0 Å². The van der Waals surface area contributed by atoms with E-state index < -0.39 is 0 Å². The Hall–Kier alpha value is -3.57. The number of nitrogens with zero attached hydrogens (tertiary/aromatic N) is 3. The Bertz CT molecular complexity index is 1330. The number of benzene rings is 3. The number of hydrogen-bond acceptors (Lipinski definition) is 5. The highest BCUT2D eigenvalue weighted by atomic mass is 32.2. The van der Waals surface area contributed by atoms with Crippen LogP contribution < -0.4 is 9.64 Å². The van der Waals surface area contributed by atoms with Crippen molar-refractivity contribution in [2.45, 2.75) is 9.79 Å². The first kappa shape index (κ1) is 17.3. The predicted molar refractivity (Wildman–Crippen MR) is 122 cm³/mol. The maximum Gasteiger partial charge on any atom is 0.119 e. The van der Waals surface area contributed by atoms with Gasteiger partial charge < -0.3 is 9.64 Å². The van der Waals surface area contributed by atoms with E-state index in [1.54, 1.807) is 18.9 Å². The zero-order valence-electron chi connectivity index (χ0n) is 16.2. The Morgan fingerprint density at radius 3 is 1.77 bits per heavy atom. The summed E-state index contributed by atoms with van der Waals surface area (Å²) in [5, 5.41) is 2.26. The highest BCUT2D eigenvalue weighted by molar-refractivity contribution is 7.99. The molecule has 1 aliphatic rings. The van der Waals surface area contributed by atoms with Gasteiger partial charge in [0.25, 0.3) is 0 Å². The molecule has 3 heterocycles. The van der Waals surface area contributed by atoms with Crippen molar-refractivity contribution in [2.75, 3.05) is 12.0 Å². The minimum atomic E-state index is 0.838. The van der Waals surface area contributed by atoms with Crippen LogP contribution in [0.25, 0.3) is 21.8 Å². The summed E-state index contributed by atoms with van der Waals surface area (Å²) >= 11 is 1.73. The van der Waals surface area contributed by atoms with Crippen molar-refractivity contribution in [2.24, 2.45) is 0 Å². The third kappa shape index (κ3) is 2.56. The van der Waals surface area contributed by atoms with Gasteiger partial charge in [-0.25, -0.2) is 0 Å². The number of ether oxygens (including phenoxy) is 1. The highest BCUT2D eigenvalue weighted by Crippen LogP contribution is 2.55. The van der Waals surface area contributed by atoms with E-state index in [0.717, 1.165) is 54.4 Å². The first-order chi connectivity index (χ1) is 14.8. The normalized spacial score (nSPS) is 12.6. The molecule has 4 nitrogen and oxygen atoms in total. The van der Waals surface area contributed by atoms with Crippen LogP contribution in [0, 0.1) is 0 Å². The fourth-order valence-electron chi connectivity index (χ4n) is 4.05. The van der Waals surface area contributed by atoms with Gasteiger partial charge in [0.05, 0.1) is 39.3 Å². The van der Waals surface area contributed by atoms with Gasteiger partial charge in [-0.3, -0.25) is 9.97 Å². The van der Waals surface area contributed by atoms with Crippen LogP contribution in [0.3, 0.4) is 0 Å². The van der Waals surface area contributed by atoms with Gasteiger partial charge in [0.15, 0.2) is 0 Å². The van der Waals surface area contributed by atoms with Crippen molar-refractivity contribution < 1.29 is 4.74 Å². The molecule has 0 amide bonds. The molecule has 0 saturated heterocycles. The lowest BCUT2D eigenvalue weighted by Crippen LogP contribution is -2.16. The van der Waals surface area contributed by atoms with E-state index in [4.69, 9.17) is 14.7 Å². The maximum absolute atomic E-state index is 5.39. The van der Waals surface area contributed by atoms with Crippen LogP contribution in [0.15, 0.2) is 95.0 Å². The number of pyridine rings is 2. The van der Waals surface area contributed by atoms with Crippen LogP contribution in [0.1, 0.15) is 0 Å². The molecular weight excluding hydrogens is 390 g/mol. The largest absolute Gasteiger partial charge is 0.497 e. The zero-order valence-corrected chi connectivity index (χ0v) is 17.1. The van der Waals surface area contributed by atoms with Gasteiger partial charge in [0.2, 0.25) is 0 Å². The lowest BCUT2D eigenvalue weighted by molar-refractivity contribution is 0.415. The minimum Gasteiger partial charge on any atom is -0.497 e. The summed E-state index contributed by atoms with van der Waals surface area (Å²) in [4.78, 5) is 14.0. The average molecular weight is 407 g/mol. The topological polar surface area (TPSA) is 38.2 Å². The number of methoxy groups -OCH3 is 1. The van der Waals surface area contributed by atoms with Crippen molar-refractivity contribution in [1.82, 2.24) is 9.97 Å². The molecule has 0 fully saturated rings. The Labute approximate surface area is 178 Å². The molecule has 0 atom stereocenters. The second-order valence-corrected chi connectivity index (χ2v) is 8.20. The van der Waals surface area contributed by atoms with Crippen LogP contribution in [0.2, 0.25) is 0 Å². The van der Waals surface area contributed by atoms with Gasteiger partial charge in [-0.05, 0) is 36.4 Å². The quantitative estimate of drug-likeness (QED) is 0.318. The molecule has 0 bridgehead atoms. The Balaban J connectivity index is 1.72. The van der Waals surface area contributed by atoms with E-state index in [-0.39, 0.29) is 0 Å². The SMILES string of the molecule is COc1ccc(N2c3c(cnc4ccccc34)Sc3cnc4ccccc4c32)cc1. The number of hydrogen-bond donors (Lipinski definition) is 0. The summed E-state index contributed by atoms with van der Waals surface area (Å²) in [6.45, 7) is 0. The number of anilines is 3. The summed E-state index contributed by atoms with van der Waals surface area (Å²) in [5.74, 6) is 0.838. The molecule has 3 aromatic carbocycles. The van der Waals surface area contributed by atoms with E-state index >= 15 is 0 Å². The minimum absolute atomic E-state index is 0.838. The van der Waals surface area contributed by atoms with Gasteiger partial charge in [0.1, 0.15) is 5.75 Å². The van der Waals surface area contributed by atoms with Crippen LogP contribution >= 0.6 is 11.8 Å². The van der Waals surface area contributed by atoms with Crippen LogP contribution in [-0.2, 0) is 0 Å². The smallest absolute Gasteiger partial charge is 0.119 e. The molecule has 0 aliphatic carbocycles. The van der Waals surface area contributed by atoms with Crippen molar-refractivity contribution >= 4 is 50.6 Å². The Morgan fingerprint density at radius 1 is 0.700 bits per heavy atom. The standard InChI is InChI=1S/C25H17N3OS/c1-29-17-12-10-16(11-13-17)28-24-18-6-2-4-8-20(18)26-14-22(24)30-23-15-27-21-9-5-3-7-19(21)25(23)28/h2-15H,1H3. The number of para-hydroxylation sites is 2. The first-order valence-corrected chi connectivity index (χ1v) is 10.5. The molecule has 0 unspecified atom stereocenters. The summed E-state index contributed by atoms with van der Waals surface area (Å²) in [5.41, 5.74) is 5.35. The summed E-state index contributed by atoms with van der Waals surface area (Å²) < 4.78 is 5.39. The molecular formula is C25H17N3OS. The van der Waals surface area contributed by atoms with Gasteiger partial charge in [0, 0.05) is 28.9 Å². The number of rotatable bonds is 2. The lowest BCUT2D eigenvalue weighted by Gasteiger charge is -2.34. The van der Waals surface area contributed by atoms with Crippen molar-refractivity contribution in [3.63, 3.8) is 0 Å². The molecule has 2 aromatic heterocycles. The van der Waals surface area contributed by atoms with Crippen LogP contribution in [-0.4, -0.2) is 17.1 Å². The summed E-state index contributed by atoms with van der Waals surface area (Å²) in [7, 11) is 1.69. The zero-order chi connectivity index (χ0) is 20.1. The van der Waals surface area contributed by atoms with Gasteiger partial charge in [-0.15, -0.1) is 0 Å². The molecule has 1 aliphatic heterocycles. The van der Waals surface area contributed by atoms with Gasteiger partial charge in [-0.2, -0.15) is 0 Å². The fourth-order valence-corrected chi connectivity index (χ4v) is 5.09. The van der Waals surface area contributed by atoms with E-state index in [1.165, 1.54) is 0 Å². The molecule has 6 rings (SSSR count). The second-order valence-electron chi connectivity index (χ2n) is 7.11. The molecule has 0 saturated carbocycles. The molecule has 0 spiro atoms. The van der Waals surface area contributed by atoms with Crippen molar-refractivity contribution in [3.8, 4) is 5.75 Å². The number of fused-ring (bicyclic) bond motifs is 6. The summed E-state index contributed by atoms with van der Waals surface area (Å²) in [6.07, 6.45) is 3.94. The molecule has 144 valence electrons. The van der Waals surface area contributed by atoms with Gasteiger partial charge in [-0.1, -0.05) is 48.2 Å². The first-order valence-electron chi connectivity index (χ1n) is 9.71. The van der Waals surface area contributed by atoms with Crippen molar-refractivity contribution in [3.05, 3.63) is 85.2 Å². The summed E-state index contributed by atoms with van der Waals surface area (Å²) in [6, 6.07) is 24.8. The van der Waals surface area contributed by atoms with E-state index in [0.29, 0.717) is 0 Å². The number of aromatic nitrogens is 2. The lowest BCUT2D eigenvalue weighted by atomic mass is 10.1. The highest BCUT2D eigenvalue weighted by Gasteiger charge is 2.29. The van der Waals surface area contributed by atoms with Crippen LogP contribution in [0.5, 0.6) is 5.75 Å². The van der Waals surface area contributed by atoms with Gasteiger partial charge >= 0.3 is 0 Å². The van der Waals surface area contributed by atoms with E-state index in [2.05, 4.69) is 53.4 Å². The molecule has 30 heavy (non-hydrogen) atoms. The van der Waals surface area contributed by atoms with Crippen LogP contribution in [0.4, 0.5) is 17.1 Å². The molecule has 5 aromatic rings.